The number of allylic oxidation sites excluding steroid dienone is 1. The van der Waals surface area contributed by atoms with Gasteiger partial charge in [0.05, 0.1) is 0 Å². The van der Waals surface area contributed by atoms with E-state index in [1.165, 1.54) is 25.7 Å². The molecular formula is C17H28N4. The molecule has 1 heterocycles. The van der Waals surface area contributed by atoms with E-state index >= 15 is 0 Å². The normalized spacial score (nSPS) is 15.0. The van der Waals surface area contributed by atoms with Crippen LogP contribution in [0.3, 0.4) is 0 Å². The van der Waals surface area contributed by atoms with Gasteiger partial charge in [-0.25, -0.2) is 9.97 Å². The molecule has 0 aromatic carbocycles. The Morgan fingerprint density at radius 1 is 1.14 bits per heavy atom. The van der Waals surface area contributed by atoms with Gasteiger partial charge in [-0.05, 0) is 44.9 Å². The number of aryl methyl sites for hydroxylation is 1. The van der Waals surface area contributed by atoms with Crippen LogP contribution in [0.2, 0.25) is 0 Å². The molecule has 0 aliphatic heterocycles. The third-order valence-electron chi connectivity index (χ3n) is 3.67. The highest BCUT2D eigenvalue weighted by Gasteiger charge is 2.05. The van der Waals surface area contributed by atoms with E-state index in [-0.39, 0.29) is 0 Å². The highest BCUT2D eigenvalue weighted by atomic mass is 15.1. The lowest BCUT2D eigenvalue weighted by Gasteiger charge is -2.14. The number of rotatable bonds is 7. The van der Waals surface area contributed by atoms with Crippen LogP contribution in [0, 0.1) is 12.8 Å². The van der Waals surface area contributed by atoms with E-state index in [0.717, 1.165) is 37.0 Å². The lowest BCUT2D eigenvalue weighted by atomic mass is 9.97. The van der Waals surface area contributed by atoms with Crippen LogP contribution in [0.15, 0.2) is 17.7 Å². The number of nitrogens with zero attached hydrogens (tertiary/aromatic N) is 2. The lowest BCUT2D eigenvalue weighted by molar-refractivity contribution is 0.679. The van der Waals surface area contributed by atoms with Gasteiger partial charge in [-0.2, -0.15) is 0 Å². The molecule has 0 unspecified atom stereocenters. The Kier molecular flexibility index (Phi) is 6.03. The third-order valence-corrected chi connectivity index (χ3v) is 3.67. The maximum atomic E-state index is 4.46. The van der Waals surface area contributed by atoms with E-state index < -0.39 is 0 Å². The summed E-state index contributed by atoms with van der Waals surface area (Å²) in [5.74, 6) is 3.25. The Balaban J connectivity index is 1.85. The van der Waals surface area contributed by atoms with E-state index in [1.807, 2.05) is 13.0 Å². The number of nitrogens with one attached hydrogen (secondary N) is 2. The van der Waals surface area contributed by atoms with Crippen molar-refractivity contribution in [1.29, 1.82) is 0 Å². The van der Waals surface area contributed by atoms with Gasteiger partial charge in [-0.1, -0.05) is 25.5 Å². The molecular weight excluding hydrogens is 260 g/mol. The first-order valence-electron chi connectivity index (χ1n) is 8.15. The van der Waals surface area contributed by atoms with Crippen molar-refractivity contribution in [2.45, 2.75) is 52.9 Å². The smallest absolute Gasteiger partial charge is 0.131 e. The van der Waals surface area contributed by atoms with Crippen LogP contribution in [-0.2, 0) is 0 Å². The molecule has 0 spiro atoms. The summed E-state index contributed by atoms with van der Waals surface area (Å²) >= 11 is 0. The predicted octanol–water partition coefficient (Wildman–Crippen LogP) is 4.16. The zero-order valence-corrected chi connectivity index (χ0v) is 13.6. The van der Waals surface area contributed by atoms with Crippen molar-refractivity contribution in [1.82, 2.24) is 9.97 Å². The average Bonchev–Trinajstić information content (AvgIpc) is 2.46. The van der Waals surface area contributed by atoms with Crippen molar-refractivity contribution >= 4 is 11.6 Å². The zero-order valence-electron chi connectivity index (χ0n) is 13.6. The van der Waals surface area contributed by atoms with Gasteiger partial charge in [0.15, 0.2) is 0 Å². The fourth-order valence-electron chi connectivity index (χ4n) is 2.54. The summed E-state index contributed by atoms with van der Waals surface area (Å²) < 4.78 is 0. The molecule has 0 radical (unpaired) electrons. The quantitative estimate of drug-likeness (QED) is 0.740. The van der Waals surface area contributed by atoms with Gasteiger partial charge in [-0.15, -0.1) is 0 Å². The molecule has 2 N–H and O–H groups in total. The maximum absolute atomic E-state index is 4.46. The molecule has 0 saturated carbocycles. The summed E-state index contributed by atoms with van der Waals surface area (Å²) in [6.45, 7) is 8.21. The first kappa shape index (κ1) is 15.8. The highest BCUT2D eigenvalue weighted by molar-refractivity contribution is 5.47. The molecule has 1 aromatic rings. The maximum Gasteiger partial charge on any atom is 0.131 e. The molecule has 0 atom stereocenters. The lowest BCUT2D eigenvalue weighted by Crippen LogP contribution is -2.12. The number of aromatic nitrogens is 2. The van der Waals surface area contributed by atoms with Crippen LogP contribution in [0.4, 0.5) is 11.6 Å². The van der Waals surface area contributed by atoms with Crippen molar-refractivity contribution in [2.75, 3.05) is 23.7 Å². The largest absolute Gasteiger partial charge is 0.370 e. The first-order valence-corrected chi connectivity index (χ1v) is 8.15. The van der Waals surface area contributed by atoms with Crippen LogP contribution in [0.5, 0.6) is 0 Å². The fourth-order valence-corrected chi connectivity index (χ4v) is 2.54. The minimum atomic E-state index is 0.606. The molecule has 2 rings (SSSR count). The van der Waals surface area contributed by atoms with Crippen LogP contribution in [0.25, 0.3) is 0 Å². The SMILES string of the molecule is Cc1nc(NCCC2=CCCCC2)cc(NCC(C)C)n1. The molecule has 1 aromatic heterocycles. The van der Waals surface area contributed by atoms with Crippen molar-refractivity contribution < 1.29 is 0 Å². The third kappa shape index (κ3) is 5.74. The second-order valence-corrected chi connectivity index (χ2v) is 6.25. The summed E-state index contributed by atoms with van der Waals surface area (Å²) in [6, 6.07) is 2.00. The van der Waals surface area contributed by atoms with Crippen LogP contribution < -0.4 is 10.6 Å². The van der Waals surface area contributed by atoms with E-state index in [4.69, 9.17) is 0 Å². The van der Waals surface area contributed by atoms with Crippen molar-refractivity contribution in [2.24, 2.45) is 5.92 Å². The predicted molar refractivity (Wildman–Crippen MR) is 89.8 cm³/mol. The zero-order chi connectivity index (χ0) is 15.1. The van der Waals surface area contributed by atoms with Gasteiger partial charge in [0.2, 0.25) is 0 Å². The van der Waals surface area contributed by atoms with Crippen molar-refractivity contribution in [3.05, 3.63) is 23.5 Å². The van der Waals surface area contributed by atoms with Gasteiger partial charge in [0, 0.05) is 19.2 Å². The van der Waals surface area contributed by atoms with Gasteiger partial charge in [-0.3, -0.25) is 0 Å². The molecule has 1 aliphatic carbocycles. The topological polar surface area (TPSA) is 49.8 Å². The summed E-state index contributed by atoms with van der Waals surface area (Å²) in [5.41, 5.74) is 1.60. The van der Waals surface area contributed by atoms with Crippen LogP contribution in [-0.4, -0.2) is 23.1 Å². The van der Waals surface area contributed by atoms with Crippen molar-refractivity contribution in [3.63, 3.8) is 0 Å². The summed E-state index contributed by atoms with van der Waals surface area (Å²) in [4.78, 5) is 8.89. The molecule has 21 heavy (non-hydrogen) atoms. The van der Waals surface area contributed by atoms with Gasteiger partial charge in [0.25, 0.3) is 0 Å². The molecule has 0 saturated heterocycles. The number of hydrogen-bond donors (Lipinski definition) is 2. The van der Waals surface area contributed by atoms with Gasteiger partial charge < -0.3 is 10.6 Å². The Bertz CT molecular complexity index is 480. The summed E-state index contributed by atoms with van der Waals surface area (Å²) in [6.07, 6.45) is 8.76. The summed E-state index contributed by atoms with van der Waals surface area (Å²) in [5, 5.41) is 6.79. The first-order chi connectivity index (χ1) is 10.1. The van der Waals surface area contributed by atoms with E-state index in [1.54, 1.807) is 5.57 Å². The molecule has 1 aliphatic rings. The Morgan fingerprint density at radius 3 is 2.57 bits per heavy atom. The Morgan fingerprint density at radius 2 is 1.90 bits per heavy atom. The highest BCUT2D eigenvalue weighted by Crippen LogP contribution is 2.20. The molecule has 0 fully saturated rings. The Labute approximate surface area is 128 Å². The van der Waals surface area contributed by atoms with Gasteiger partial charge in [0.1, 0.15) is 17.5 Å². The second-order valence-electron chi connectivity index (χ2n) is 6.25. The molecule has 116 valence electrons. The van der Waals surface area contributed by atoms with E-state index in [9.17, 15) is 0 Å². The van der Waals surface area contributed by atoms with Crippen LogP contribution in [0.1, 0.15) is 51.8 Å². The number of anilines is 2. The minimum Gasteiger partial charge on any atom is -0.370 e. The molecule has 0 amide bonds. The second kappa shape index (κ2) is 8.01. The van der Waals surface area contributed by atoms with E-state index in [0.29, 0.717) is 5.92 Å². The standard InChI is InChI=1S/C17H28N4/c1-13(2)12-19-17-11-16(20-14(3)21-17)18-10-9-15-7-5-4-6-8-15/h7,11,13H,4-6,8-10,12H2,1-3H3,(H2,18,19,20,21). The minimum absolute atomic E-state index is 0.606. The Hall–Kier alpha value is -1.58. The van der Waals surface area contributed by atoms with Gasteiger partial charge >= 0.3 is 0 Å². The fraction of sp³-hybridized carbons (Fsp3) is 0.647. The summed E-state index contributed by atoms with van der Waals surface area (Å²) in [7, 11) is 0. The van der Waals surface area contributed by atoms with E-state index in [2.05, 4.69) is 40.5 Å². The number of hydrogen-bond acceptors (Lipinski definition) is 4. The monoisotopic (exact) mass is 288 g/mol. The average molecular weight is 288 g/mol. The van der Waals surface area contributed by atoms with Crippen molar-refractivity contribution in [3.8, 4) is 0 Å². The van der Waals surface area contributed by atoms with Crippen LogP contribution >= 0.6 is 0 Å². The molecule has 0 bridgehead atoms. The molecule has 4 heteroatoms. The molecule has 4 nitrogen and oxygen atoms in total.